The molecule has 0 aromatic carbocycles. The second-order valence-corrected chi connectivity index (χ2v) is 21.1. The third-order valence-corrected chi connectivity index (χ3v) is 14.7. The van der Waals surface area contributed by atoms with Crippen molar-refractivity contribution in [2.45, 2.75) is 325 Å². The van der Waals surface area contributed by atoms with Gasteiger partial charge in [-0.15, -0.1) is 0 Å². The maximum Gasteiger partial charge on any atom is 0.220 e. The smallest absolute Gasteiger partial charge is 0.220 e. The highest BCUT2D eigenvalue weighted by Gasteiger charge is 2.51. The number of carbonyl (C=O) groups excluding carboxylic acids is 1. The van der Waals surface area contributed by atoms with Crippen LogP contribution in [0.2, 0.25) is 0 Å². The summed E-state index contributed by atoms with van der Waals surface area (Å²) in [4.78, 5) is 13.2. The summed E-state index contributed by atoms with van der Waals surface area (Å²) in [6.07, 6.45) is 32.5. The molecule has 2 fully saturated rings. The lowest BCUT2D eigenvalue weighted by Crippen LogP contribution is -2.65. The van der Waals surface area contributed by atoms with Crippen molar-refractivity contribution in [1.29, 1.82) is 0 Å². The highest BCUT2D eigenvalue weighted by Crippen LogP contribution is 2.30. The summed E-state index contributed by atoms with van der Waals surface area (Å²) in [7, 11) is 0. The average molecular weight is 1020 g/mol. The van der Waals surface area contributed by atoms with Crippen LogP contribution in [-0.2, 0) is 23.7 Å². The van der Waals surface area contributed by atoms with E-state index in [1.165, 1.54) is 186 Å². The van der Waals surface area contributed by atoms with Gasteiger partial charge in [0.2, 0.25) is 5.91 Å². The van der Waals surface area contributed by atoms with Crippen LogP contribution in [0, 0.1) is 0 Å². The Labute approximate surface area is 431 Å². The summed E-state index contributed by atoms with van der Waals surface area (Å²) < 4.78 is 22.8. The zero-order valence-electron chi connectivity index (χ0n) is 45.0. The lowest BCUT2D eigenvalue weighted by molar-refractivity contribution is -0.359. The predicted octanol–water partition coefficient (Wildman–Crippen LogP) is 9.50. The molecule has 14 nitrogen and oxygen atoms in total. The van der Waals surface area contributed by atoms with Crippen molar-refractivity contribution in [2.24, 2.45) is 0 Å². The summed E-state index contributed by atoms with van der Waals surface area (Å²) in [5.41, 5.74) is 0. The lowest BCUT2D eigenvalue weighted by atomic mass is 9.97. The number of aliphatic hydroxyl groups excluding tert-OH is 8. The number of ether oxygens (including phenoxy) is 4. The first-order valence-electron chi connectivity index (χ1n) is 29.4. The minimum absolute atomic E-state index is 0.235. The van der Waals surface area contributed by atoms with Gasteiger partial charge in [0.1, 0.15) is 48.8 Å². The Kier molecular flexibility index (Phi) is 40.7. The van der Waals surface area contributed by atoms with Crippen LogP contribution in [-0.4, -0.2) is 140 Å². The van der Waals surface area contributed by atoms with Crippen LogP contribution in [0.1, 0.15) is 251 Å². The molecule has 0 radical (unpaired) electrons. The van der Waals surface area contributed by atoms with E-state index in [0.29, 0.717) is 6.42 Å². The molecule has 14 heteroatoms. The SMILES string of the molecule is CCCCCCCCCCCCCCCCCCCCCC/C=C/C(O)C(COC1OC(CO)C(OC2OC(CO)C(O)C(O)C2O)C(O)C1O)NC(=O)CCCCCCCCCCCCCCCCC. The van der Waals surface area contributed by atoms with Crippen LogP contribution in [0.5, 0.6) is 0 Å². The van der Waals surface area contributed by atoms with Crippen molar-refractivity contribution >= 4 is 5.91 Å². The molecule has 2 saturated heterocycles. The van der Waals surface area contributed by atoms with E-state index in [1.54, 1.807) is 6.08 Å². The van der Waals surface area contributed by atoms with Gasteiger partial charge in [-0.25, -0.2) is 0 Å². The zero-order chi connectivity index (χ0) is 51.7. The van der Waals surface area contributed by atoms with E-state index in [4.69, 9.17) is 18.9 Å². The second kappa shape index (κ2) is 43.9. The summed E-state index contributed by atoms with van der Waals surface area (Å²) in [6, 6.07) is -0.909. The maximum absolute atomic E-state index is 13.2. The Bertz CT molecular complexity index is 1240. The molecule has 71 heavy (non-hydrogen) atoms. The molecule has 0 aromatic heterocycles. The molecule has 420 valence electrons. The number of amides is 1. The number of hydrogen-bond acceptors (Lipinski definition) is 13. The third-order valence-electron chi connectivity index (χ3n) is 14.7. The molecule has 12 atom stereocenters. The van der Waals surface area contributed by atoms with Crippen molar-refractivity contribution in [3.05, 3.63) is 12.2 Å². The van der Waals surface area contributed by atoms with Gasteiger partial charge in [0, 0.05) is 6.42 Å². The Morgan fingerprint density at radius 2 is 0.873 bits per heavy atom. The third kappa shape index (κ3) is 30.2. The van der Waals surface area contributed by atoms with Gasteiger partial charge in [-0.05, 0) is 19.3 Å². The molecular weight excluding hydrogens is 907 g/mol. The van der Waals surface area contributed by atoms with E-state index in [0.717, 1.165) is 38.5 Å². The fraction of sp³-hybridized carbons (Fsp3) is 0.947. The van der Waals surface area contributed by atoms with E-state index in [9.17, 15) is 45.6 Å². The Morgan fingerprint density at radius 1 is 0.493 bits per heavy atom. The number of allylic oxidation sites excluding steroid dienone is 1. The average Bonchev–Trinajstić information content (AvgIpc) is 3.37. The summed E-state index contributed by atoms with van der Waals surface area (Å²) >= 11 is 0. The van der Waals surface area contributed by atoms with Crippen molar-refractivity contribution < 1.29 is 64.6 Å². The number of rotatable bonds is 47. The Balaban J connectivity index is 1.77. The molecule has 0 aromatic rings. The first kappa shape index (κ1) is 65.8. The van der Waals surface area contributed by atoms with Crippen molar-refractivity contribution in [1.82, 2.24) is 5.32 Å². The fourth-order valence-electron chi connectivity index (χ4n) is 9.94. The van der Waals surface area contributed by atoms with Crippen LogP contribution in [0.25, 0.3) is 0 Å². The van der Waals surface area contributed by atoms with Gasteiger partial charge in [-0.2, -0.15) is 0 Å². The molecular formula is C57H109NO13. The van der Waals surface area contributed by atoms with Gasteiger partial charge < -0.3 is 65.1 Å². The molecule has 2 heterocycles. The van der Waals surface area contributed by atoms with Crippen molar-refractivity contribution in [2.75, 3.05) is 19.8 Å². The Hall–Kier alpha value is -1.27. The molecule has 0 spiro atoms. The fourth-order valence-corrected chi connectivity index (χ4v) is 9.94. The molecule has 1 amide bonds. The molecule has 2 rings (SSSR count). The zero-order valence-corrected chi connectivity index (χ0v) is 45.0. The summed E-state index contributed by atoms with van der Waals surface area (Å²) in [5, 5.41) is 87.0. The number of aliphatic hydroxyl groups is 8. The first-order valence-corrected chi connectivity index (χ1v) is 29.4. The lowest BCUT2D eigenvalue weighted by Gasteiger charge is -2.46. The van der Waals surface area contributed by atoms with Gasteiger partial charge in [0.25, 0.3) is 0 Å². The van der Waals surface area contributed by atoms with E-state index in [2.05, 4.69) is 19.2 Å². The van der Waals surface area contributed by atoms with Gasteiger partial charge in [-0.3, -0.25) is 4.79 Å². The number of carbonyl (C=O) groups is 1. The van der Waals surface area contributed by atoms with Gasteiger partial charge in [0.15, 0.2) is 12.6 Å². The summed E-state index contributed by atoms with van der Waals surface area (Å²) in [6.45, 7) is 2.82. The highest BCUT2D eigenvalue weighted by atomic mass is 16.7. The molecule has 2 aliphatic heterocycles. The van der Waals surface area contributed by atoms with Gasteiger partial charge in [0.05, 0.1) is 32.0 Å². The summed E-state index contributed by atoms with van der Waals surface area (Å²) in [5.74, 6) is -0.235. The van der Waals surface area contributed by atoms with Crippen LogP contribution >= 0.6 is 0 Å². The monoisotopic (exact) mass is 1020 g/mol. The molecule has 0 bridgehead atoms. The first-order chi connectivity index (χ1) is 34.6. The second-order valence-electron chi connectivity index (χ2n) is 21.1. The van der Waals surface area contributed by atoms with E-state index in [-0.39, 0.29) is 18.9 Å². The molecule has 12 unspecified atom stereocenters. The quantitative estimate of drug-likeness (QED) is 0.0205. The topological polar surface area (TPSA) is 228 Å². The minimum atomic E-state index is -1.78. The largest absolute Gasteiger partial charge is 0.394 e. The number of nitrogens with one attached hydrogen (secondary N) is 1. The van der Waals surface area contributed by atoms with E-state index >= 15 is 0 Å². The normalized spacial score (nSPS) is 25.8. The number of hydrogen-bond donors (Lipinski definition) is 9. The number of unbranched alkanes of at least 4 members (excludes halogenated alkanes) is 34. The molecule has 0 saturated carbocycles. The van der Waals surface area contributed by atoms with Crippen LogP contribution in [0.3, 0.4) is 0 Å². The van der Waals surface area contributed by atoms with Gasteiger partial charge in [-0.1, -0.05) is 238 Å². The highest BCUT2D eigenvalue weighted by molar-refractivity contribution is 5.76. The van der Waals surface area contributed by atoms with E-state index < -0.39 is 86.8 Å². The van der Waals surface area contributed by atoms with Crippen molar-refractivity contribution in [3.8, 4) is 0 Å². The molecule has 2 aliphatic rings. The van der Waals surface area contributed by atoms with Gasteiger partial charge >= 0.3 is 0 Å². The van der Waals surface area contributed by atoms with Crippen molar-refractivity contribution in [3.63, 3.8) is 0 Å². The molecule has 9 N–H and O–H groups in total. The van der Waals surface area contributed by atoms with Crippen LogP contribution in [0.15, 0.2) is 12.2 Å². The van der Waals surface area contributed by atoms with Crippen LogP contribution < -0.4 is 5.32 Å². The van der Waals surface area contributed by atoms with E-state index in [1.807, 2.05) is 6.08 Å². The predicted molar refractivity (Wildman–Crippen MR) is 282 cm³/mol. The standard InChI is InChI=1S/C57H109NO13/c1-3-5-7-9-11-13-15-17-19-20-21-22-23-24-25-27-28-30-32-34-36-38-40-46(61)45(58-49(62)41-39-37-35-33-31-29-26-18-16-14-12-10-8-6-4-2)44-68-56-54(67)52(65)55(48(43-60)70-56)71-57-53(66)51(64)50(63)47(42-59)69-57/h38,40,45-48,50-57,59-61,63-67H,3-37,39,41-44H2,1-2H3,(H,58,62)/b40-38+. The minimum Gasteiger partial charge on any atom is -0.394 e. The maximum atomic E-state index is 13.2. The Morgan fingerprint density at radius 3 is 1.30 bits per heavy atom. The van der Waals surface area contributed by atoms with Crippen LogP contribution in [0.4, 0.5) is 0 Å². The molecule has 0 aliphatic carbocycles.